The molecular weight excluding hydrogens is 260 g/mol. The first-order valence-electron chi connectivity index (χ1n) is 5.21. The minimum atomic E-state index is -0.464. The van der Waals surface area contributed by atoms with Crippen molar-refractivity contribution in [3.05, 3.63) is 58.6 Å². The molecule has 0 heterocycles. The van der Waals surface area contributed by atoms with E-state index in [1.807, 2.05) is 0 Å². The SMILES string of the molecule is NCc1cc(F)cc(Oc2ccc(F)cc2Cl)c1. The minimum absolute atomic E-state index is 0.119. The van der Waals surface area contributed by atoms with Gasteiger partial charge in [-0.2, -0.15) is 0 Å². The Kier molecular flexibility index (Phi) is 3.79. The van der Waals surface area contributed by atoms with E-state index in [1.54, 1.807) is 6.07 Å². The lowest BCUT2D eigenvalue weighted by Gasteiger charge is -2.09. The van der Waals surface area contributed by atoms with E-state index in [9.17, 15) is 8.78 Å². The van der Waals surface area contributed by atoms with Crippen molar-refractivity contribution in [3.8, 4) is 11.5 Å². The van der Waals surface area contributed by atoms with Crippen LogP contribution in [0.25, 0.3) is 0 Å². The summed E-state index contributed by atoms with van der Waals surface area (Å²) < 4.78 is 31.5. The Balaban J connectivity index is 2.30. The summed E-state index contributed by atoms with van der Waals surface area (Å²) in [5.74, 6) is -0.393. The number of nitrogens with two attached hydrogens (primary N) is 1. The first-order valence-corrected chi connectivity index (χ1v) is 5.59. The Bertz CT molecular complexity index is 575. The highest BCUT2D eigenvalue weighted by Crippen LogP contribution is 2.30. The van der Waals surface area contributed by atoms with Crippen molar-refractivity contribution in [2.24, 2.45) is 5.73 Å². The number of hydrogen-bond donors (Lipinski definition) is 1. The molecule has 0 bridgehead atoms. The van der Waals surface area contributed by atoms with E-state index < -0.39 is 11.6 Å². The number of benzene rings is 2. The standard InChI is InChI=1S/C13H10ClF2NO/c14-12-6-9(15)1-2-13(12)18-11-4-8(7-17)3-10(16)5-11/h1-6H,7,17H2. The van der Waals surface area contributed by atoms with Crippen LogP contribution >= 0.6 is 11.6 Å². The molecule has 0 unspecified atom stereocenters. The summed E-state index contributed by atoms with van der Waals surface area (Å²) in [5, 5.41) is 0.119. The summed E-state index contributed by atoms with van der Waals surface area (Å²) in [4.78, 5) is 0. The van der Waals surface area contributed by atoms with Gasteiger partial charge in [-0.15, -0.1) is 0 Å². The van der Waals surface area contributed by atoms with Crippen molar-refractivity contribution in [2.75, 3.05) is 0 Å². The third-order valence-electron chi connectivity index (χ3n) is 2.29. The zero-order valence-corrected chi connectivity index (χ0v) is 10.0. The van der Waals surface area contributed by atoms with Crippen LogP contribution in [-0.2, 0) is 6.54 Å². The van der Waals surface area contributed by atoms with Gasteiger partial charge in [0.1, 0.15) is 23.1 Å². The van der Waals surface area contributed by atoms with Crippen LogP contribution in [0.2, 0.25) is 5.02 Å². The van der Waals surface area contributed by atoms with Crippen molar-refractivity contribution in [3.63, 3.8) is 0 Å². The van der Waals surface area contributed by atoms with Gasteiger partial charge >= 0.3 is 0 Å². The molecular formula is C13H10ClF2NO. The first kappa shape index (κ1) is 12.8. The maximum Gasteiger partial charge on any atom is 0.146 e. The fourth-order valence-corrected chi connectivity index (χ4v) is 1.69. The van der Waals surface area contributed by atoms with Gasteiger partial charge in [0.05, 0.1) is 5.02 Å². The van der Waals surface area contributed by atoms with E-state index in [2.05, 4.69) is 0 Å². The van der Waals surface area contributed by atoms with Crippen molar-refractivity contribution in [2.45, 2.75) is 6.54 Å². The zero-order valence-electron chi connectivity index (χ0n) is 9.29. The highest BCUT2D eigenvalue weighted by atomic mass is 35.5. The van der Waals surface area contributed by atoms with Gasteiger partial charge in [-0.25, -0.2) is 8.78 Å². The van der Waals surface area contributed by atoms with Crippen LogP contribution in [0.15, 0.2) is 36.4 Å². The highest BCUT2D eigenvalue weighted by molar-refractivity contribution is 6.32. The molecule has 0 atom stereocenters. The van der Waals surface area contributed by atoms with Crippen molar-refractivity contribution >= 4 is 11.6 Å². The molecule has 2 nitrogen and oxygen atoms in total. The summed E-state index contributed by atoms with van der Waals surface area (Å²) in [6, 6.07) is 7.84. The van der Waals surface area contributed by atoms with Gasteiger partial charge in [-0.1, -0.05) is 11.6 Å². The van der Waals surface area contributed by atoms with E-state index in [1.165, 1.54) is 24.3 Å². The lowest BCUT2D eigenvalue weighted by molar-refractivity contribution is 0.474. The number of rotatable bonds is 3. The Morgan fingerprint density at radius 1 is 1.06 bits per heavy atom. The van der Waals surface area contributed by atoms with Crippen molar-refractivity contribution in [1.29, 1.82) is 0 Å². The molecule has 18 heavy (non-hydrogen) atoms. The predicted octanol–water partition coefficient (Wildman–Crippen LogP) is 3.87. The van der Waals surface area contributed by atoms with Crippen LogP contribution in [0.5, 0.6) is 11.5 Å². The van der Waals surface area contributed by atoms with E-state index in [0.717, 1.165) is 6.07 Å². The van der Waals surface area contributed by atoms with Gasteiger partial charge in [0.25, 0.3) is 0 Å². The summed E-state index contributed by atoms with van der Waals surface area (Å²) in [7, 11) is 0. The van der Waals surface area contributed by atoms with Gasteiger partial charge in [0.15, 0.2) is 0 Å². The number of ether oxygens (including phenoxy) is 1. The summed E-state index contributed by atoms with van der Waals surface area (Å²) in [6.07, 6.45) is 0. The first-order chi connectivity index (χ1) is 8.58. The van der Waals surface area contributed by atoms with E-state index in [4.69, 9.17) is 22.1 Å². The van der Waals surface area contributed by atoms with E-state index in [0.29, 0.717) is 5.56 Å². The monoisotopic (exact) mass is 269 g/mol. The lowest BCUT2D eigenvalue weighted by atomic mass is 10.2. The molecule has 0 spiro atoms. The summed E-state index contributed by atoms with van der Waals surface area (Å²) in [5.41, 5.74) is 6.03. The molecule has 0 radical (unpaired) electrons. The second kappa shape index (κ2) is 5.33. The third kappa shape index (κ3) is 2.97. The Hall–Kier alpha value is -1.65. The molecule has 2 aromatic carbocycles. The topological polar surface area (TPSA) is 35.2 Å². The summed E-state index contributed by atoms with van der Waals surface area (Å²) >= 11 is 5.81. The number of hydrogen-bond acceptors (Lipinski definition) is 2. The van der Waals surface area contributed by atoms with Gasteiger partial charge in [-0.3, -0.25) is 0 Å². The Morgan fingerprint density at radius 2 is 1.83 bits per heavy atom. The van der Waals surface area contributed by atoms with Crippen LogP contribution in [0.3, 0.4) is 0 Å². The maximum absolute atomic E-state index is 13.3. The van der Waals surface area contributed by atoms with Crippen LogP contribution in [0, 0.1) is 11.6 Å². The molecule has 5 heteroatoms. The minimum Gasteiger partial charge on any atom is -0.456 e. The summed E-state index contributed by atoms with van der Waals surface area (Å²) in [6.45, 7) is 0.200. The zero-order chi connectivity index (χ0) is 13.1. The fraction of sp³-hybridized carbons (Fsp3) is 0.0769. The number of halogens is 3. The second-order valence-corrected chi connectivity index (χ2v) is 4.08. The molecule has 0 saturated carbocycles. The second-order valence-electron chi connectivity index (χ2n) is 3.68. The Labute approximate surface area is 108 Å². The molecule has 2 aromatic rings. The average Bonchev–Trinajstić information content (AvgIpc) is 2.32. The molecule has 2 rings (SSSR count). The normalized spacial score (nSPS) is 10.4. The largest absolute Gasteiger partial charge is 0.456 e. The maximum atomic E-state index is 13.3. The lowest BCUT2D eigenvalue weighted by Crippen LogP contribution is -1.97. The van der Waals surface area contributed by atoms with E-state index >= 15 is 0 Å². The van der Waals surface area contributed by atoms with E-state index in [-0.39, 0.29) is 23.1 Å². The molecule has 0 aromatic heterocycles. The van der Waals surface area contributed by atoms with Gasteiger partial charge in [0.2, 0.25) is 0 Å². The van der Waals surface area contributed by atoms with Crippen LogP contribution in [-0.4, -0.2) is 0 Å². The van der Waals surface area contributed by atoms with Gasteiger partial charge in [-0.05, 0) is 35.9 Å². The average molecular weight is 270 g/mol. The van der Waals surface area contributed by atoms with Gasteiger partial charge in [0, 0.05) is 12.6 Å². The molecule has 0 amide bonds. The van der Waals surface area contributed by atoms with Crippen LogP contribution in [0.4, 0.5) is 8.78 Å². The predicted molar refractivity (Wildman–Crippen MR) is 65.8 cm³/mol. The Morgan fingerprint density at radius 3 is 2.50 bits per heavy atom. The smallest absolute Gasteiger partial charge is 0.146 e. The van der Waals surface area contributed by atoms with Crippen molar-refractivity contribution < 1.29 is 13.5 Å². The van der Waals surface area contributed by atoms with Crippen LogP contribution < -0.4 is 10.5 Å². The molecule has 0 fully saturated rings. The molecule has 0 aliphatic carbocycles. The van der Waals surface area contributed by atoms with Crippen LogP contribution in [0.1, 0.15) is 5.56 Å². The van der Waals surface area contributed by atoms with Crippen molar-refractivity contribution in [1.82, 2.24) is 0 Å². The molecule has 0 aliphatic heterocycles. The molecule has 0 saturated heterocycles. The molecule has 94 valence electrons. The quantitative estimate of drug-likeness (QED) is 0.918. The third-order valence-corrected chi connectivity index (χ3v) is 2.58. The molecule has 2 N–H and O–H groups in total. The highest BCUT2D eigenvalue weighted by Gasteiger charge is 2.06. The fourth-order valence-electron chi connectivity index (χ4n) is 1.48. The van der Waals surface area contributed by atoms with Gasteiger partial charge < -0.3 is 10.5 Å². The molecule has 0 aliphatic rings.